The lowest BCUT2D eigenvalue weighted by Crippen LogP contribution is -2.43. The molecule has 0 aliphatic heterocycles. The van der Waals surface area contributed by atoms with Gasteiger partial charge in [-0.05, 0) is 12.5 Å². The summed E-state index contributed by atoms with van der Waals surface area (Å²) < 4.78 is 25.8. The van der Waals surface area contributed by atoms with Crippen molar-refractivity contribution in [3.05, 3.63) is 33.9 Å². The third kappa shape index (κ3) is 3.50. The maximum atomic E-state index is 12.0. The number of carbonyl (C=O) groups is 1. The number of benzene rings is 1. The second-order valence-corrected chi connectivity index (χ2v) is 5.58. The SMILES string of the molecule is Cc1ccc([N+](=O)[O-])cc1S(=O)(=O)NC(CO)C(=O)O. The van der Waals surface area contributed by atoms with Gasteiger partial charge in [0.2, 0.25) is 10.0 Å². The highest BCUT2D eigenvalue weighted by molar-refractivity contribution is 7.89. The van der Waals surface area contributed by atoms with Crippen LogP contribution < -0.4 is 4.72 Å². The average molecular weight is 304 g/mol. The maximum Gasteiger partial charge on any atom is 0.324 e. The van der Waals surface area contributed by atoms with Crippen LogP contribution in [0.5, 0.6) is 0 Å². The van der Waals surface area contributed by atoms with Gasteiger partial charge >= 0.3 is 5.97 Å². The zero-order valence-electron chi connectivity index (χ0n) is 10.3. The second-order valence-electron chi connectivity index (χ2n) is 3.90. The van der Waals surface area contributed by atoms with E-state index in [1.807, 2.05) is 0 Å². The number of nitrogens with one attached hydrogen (secondary N) is 1. The fraction of sp³-hybridized carbons (Fsp3) is 0.300. The molecule has 9 nitrogen and oxygen atoms in total. The molecule has 0 radical (unpaired) electrons. The van der Waals surface area contributed by atoms with Crippen LogP contribution in [0.3, 0.4) is 0 Å². The Morgan fingerprint density at radius 2 is 2.10 bits per heavy atom. The number of aryl methyl sites for hydroxylation is 1. The lowest BCUT2D eigenvalue weighted by atomic mass is 10.2. The predicted molar refractivity (Wildman–Crippen MR) is 66.7 cm³/mol. The quantitative estimate of drug-likeness (QED) is 0.479. The molecule has 0 aliphatic rings. The Morgan fingerprint density at radius 1 is 1.50 bits per heavy atom. The molecule has 20 heavy (non-hydrogen) atoms. The van der Waals surface area contributed by atoms with Crippen LogP contribution in [0.15, 0.2) is 23.1 Å². The van der Waals surface area contributed by atoms with Gasteiger partial charge in [-0.2, -0.15) is 4.72 Å². The molecule has 0 fully saturated rings. The lowest BCUT2D eigenvalue weighted by molar-refractivity contribution is -0.385. The number of nitrogens with zero attached hydrogens (tertiary/aromatic N) is 1. The van der Waals surface area contributed by atoms with Crippen molar-refractivity contribution in [2.24, 2.45) is 0 Å². The number of rotatable bonds is 6. The summed E-state index contributed by atoms with van der Waals surface area (Å²) in [4.78, 5) is 20.2. The highest BCUT2D eigenvalue weighted by atomic mass is 32.2. The molecule has 0 amide bonds. The first kappa shape index (κ1) is 16.0. The van der Waals surface area contributed by atoms with Crippen molar-refractivity contribution in [3.8, 4) is 0 Å². The highest BCUT2D eigenvalue weighted by Crippen LogP contribution is 2.21. The molecular formula is C10H12N2O7S. The Morgan fingerprint density at radius 3 is 2.55 bits per heavy atom. The monoisotopic (exact) mass is 304 g/mol. The molecule has 0 spiro atoms. The summed E-state index contributed by atoms with van der Waals surface area (Å²) in [5.41, 5.74) is -0.225. The first-order valence-electron chi connectivity index (χ1n) is 5.30. The largest absolute Gasteiger partial charge is 0.480 e. The highest BCUT2D eigenvalue weighted by Gasteiger charge is 2.27. The van der Waals surface area contributed by atoms with E-state index in [1.54, 1.807) is 4.72 Å². The summed E-state index contributed by atoms with van der Waals surface area (Å²) >= 11 is 0. The first-order valence-corrected chi connectivity index (χ1v) is 6.78. The molecule has 0 bridgehead atoms. The number of carboxylic acid groups (broad SMARTS) is 1. The van der Waals surface area contributed by atoms with Gasteiger partial charge in [0.25, 0.3) is 5.69 Å². The summed E-state index contributed by atoms with van der Waals surface area (Å²) in [7, 11) is -4.30. The number of nitro benzene ring substituents is 1. The van der Waals surface area contributed by atoms with Gasteiger partial charge in [0.05, 0.1) is 16.4 Å². The minimum Gasteiger partial charge on any atom is -0.480 e. The van der Waals surface area contributed by atoms with E-state index in [-0.39, 0.29) is 5.56 Å². The van der Waals surface area contributed by atoms with Crippen molar-refractivity contribution in [1.82, 2.24) is 4.72 Å². The Hall–Kier alpha value is -2.04. The van der Waals surface area contributed by atoms with E-state index in [0.717, 1.165) is 12.1 Å². The smallest absolute Gasteiger partial charge is 0.324 e. The summed E-state index contributed by atoms with van der Waals surface area (Å²) in [5.74, 6) is -1.56. The van der Waals surface area contributed by atoms with Gasteiger partial charge in [0.15, 0.2) is 0 Å². The number of aliphatic hydroxyl groups is 1. The standard InChI is InChI=1S/C10H12N2O7S/c1-6-2-3-7(12(16)17)4-9(6)20(18,19)11-8(5-13)10(14)15/h2-4,8,11,13H,5H2,1H3,(H,14,15). The number of aliphatic carboxylic acids is 1. The number of hydrogen-bond acceptors (Lipinski definition) is 6. The van der Waals surface area contributed by atoms with Gasteiger partial charge in [0, 0.05) is 12.1 Å². The van der Waals surface area contributed by atoms with Crippen LogP contribution in [0.4, 0.5) is 5.69 Å². The predicted octanol–water partition coefficient (Wildman–Crippen LogP) is -0.373. The van der Waals surface area contributed by atoms with E-state index in [9.17, 15) is 23.3 Å². The molecule has 1 rings (SSSR count). The molecular weight excluding hydrogens is 292 g/mol. The molecule has 1 aromatic carbocycles. The molecule has 0 heterocycles. The van der Waals surface area contributed by atoms with Crippen LogP contribution in [0.1, 0.15) is 5.56 Å². The molecule has 1 unspecified atom stereocenters. The Balaban J connectivity index is 3.24. The van der Waals surface area contributed by atoms with E-state index in [1.165, 1.54) is 13.0 Å². The minimum absolute atomic E-state index is 0.213. The first-order chi connectivity index (χ1) is 9.19. The lowest BCUT2D eigenvalue weighted by Gasteiger charge is -2.13. The number of non-ortho nitro benzene ring substituents is 1. The molecule has 10 heteroatoms. The third-order valence-corrected chi connectivity index (χ3v) is 4.06. The van der Waals surface area contributed by atoms with Crippen LogP contribution >= 0.6 is 0 Å². The van der Waals surface area contributed by atoms with Gasteiger partial charge in [0.1, 0.15) is 6.04 Å². The van der Waals surface area contributed by atoms with E-state index >= 15 is 0 Å². The molecule has 110 valence electrons. The fourth-order valence-electron chi connectivity index (χ4n) is 1.41. The fourth-order valence-corrected chi connectivity index (χ4v) is 2.85. The van der Waals surface area contributed by atoms with Gasteiger partial charge < -0.3 is 10.2 Å². The molecule has 0 saturated heterocycles. The molecule has 3 N–H and O–H groups in total. The number of sulfonamides is 1. The van der Waals surface area contributed by atoms with Crippen molar-refractivity contribution in [3.63, 3.8) is 0 Å². The van der Waals surface area contributed by atoms with Crippen LogP contribution in [-0.2, 0) is 14.8 Å². The zero-order valence-corrected chi connectivity index (χ0v) is 11.1. The van der Waals surface area contributed by atoms with Crippen molar-refractivity contribution < 1.29 is 28.3 Å². The molecule has 1 atom stereocenters. The number of aliphatic hydroxyl groups excluding tert-OH is 1. The van der Waals surface area contributed by atoms with E-state index in [2.05, 4.69) is 0 Å². The number of carboxylic acids is 1. The maximum absolute atomic E-state index is 12.0. The zero-order chi connectivity index (χ0) is 15.5. The molecule has 0 aliphatic carbocycles. The molecule has 0 saturated carbocycles. The number of nitro groups is 1. The summed E-state index contributed by atoms with van der Waals surface area (Å²) in [5, 5.41) is 28.1. The Kier molecular flexibility index (Phi) is 4.76. The molecule has 1 aromatic rings. The second kappa shape index (κ2) is 5.94. The third-order valence-electron chi connectivity index (χ3n) is 2.45. The molecule has 0 aromatic heterocycles. The van der Waals surface area contributed by atoms with Gasteiger partial charge in [-0.15, -0.1) is 0 Å². The summed E-state index contributed by atoms with van der Waals surface area (Å²) in [6, 6.07) is 1.48. The van der Waals surface area contributed by atoms with Crippen molar-refractivity contribution in [1.29, 1.82) is 0 Å². The van der Waals surface area contributed by atoms with Crippen molar-refractivity contribution in [2.45, 2.75) is 17.9 Å². The van der Waals surface area contributed by atoms with E-state index in [0.29, 0.717) is 0 Å². The Labute approximate surface area is 114 Å². The average Bonchev–Trinajstić information content (AvgIpc) is 2.35. The van der Waals surface area contributed by atoms with E-state index < -0.39 is 44.1 Å². The van der Waals surface area contributed by atoms with Crippen LogP contribution in [0.25, 0.3) is 0 Å². The van der Waals surface area contributed by atoms with Crippen molar-refractivity contribution >= 4 is 21.7 Å². The van der Waals surface area contributed by atoms with Gasteiger partial charge in [-0.1, -0.05) is 6.07 Å². The van der Waals surface area contributed by atoms with Gasteiger partial charge in [-0.25, -0.2) is 8.42 Å². The summed E-state index contributed by atoms with van der Waals surface area (Å²) in [6.07, 6.45) is 0. The number of hydrogen-bond donors (Lipinski definition) is 3. The van der Waals surface area contributed by atoms with Crippen LogP contribution in [0, 0.1) is 17.0 Å². The summed E-state index contributed by atoms with van der Waals surface area (Å²) in [6.45, 7) is 0.468. The van der Waals surface area contributed by atoms with Crippen LogP contribution in [0.2, 0.25) is 0 Å². The van der Waals surface area contributed by atoms with E-state index in [4.69, 9.17) is 10.2 Å². The van der Waals surface area contributed by atoms with Crippen LogP contribution in [-0.4, -0.2) is 42.2 Å². The normalized spacial score (nSPS) is 12.9. The topological polar surface area (TPSA) is 147 Å². The minimum atomic E-state index is -4.30. The van der Waals surface area contributed by atoms with Crippen molar-refractivity contribution in [2.75, 3.05) is 6.61 Å². The Bertz CT molecular complexity index is 641. The van der Waals surface area contributed by atoms with Gasteiger partial charge in [-0.3, -0.25) is 14.9 Å².